The van der Waals surface area contributed by atoms with Gasteiger partial charge in [0.2, 0.25) is 0 Å². The zero-order valence-electron chi connectivity index (χ0n) is 8.06. The molecule has 0 saturated heterocycles. The molecule has 1 aromatic rings. The number of rotatable bonds is 0. The fraction of sp³-hybridized carbons (Fsp3) is 0.400. The SMILES string of the molecule is CC(C)(C)c1cc(N)c(O)cc1Cl. The van der Waals surface area contributed by atoms with Crippen molar-refractivity contribution < 1.29 is 5.11 Å². The third kappa shape index (κ3) is 2.07. The molecule has 0 bridgehead atoms. The maximum Gasteiger partial charge on any atom is 0.139 e. The number of anilines is 1. The molecule has 0 fully saturated rings. The van der Waals surface area contributed by atoms with Gasteiger partial charge >= 0.3 is 0 Å². The van der Waals surface area contributed by atoms with Crippen molar-refractivity contribution in [3.05, 3.63) is 22.7 Å². The molecule has 0 aliphatic heterocycles. The first kappa shape index (κ1) is 10.2. The molecule has 3 heteroatoms. The van der Waals surface area contributed by atoms with Gasteiger partial charge in [-0.3, -0.25) is 0 Å². The van der Waals surface area contributed by atoms with Gasteiger partial charge in [-0.1, -0.05) is 32.4 Å². The van der Waals surface area contributed by atoms with Crippen LogP contribution in [-0.4, -0.2) is 5.11 Å². The van der Waals surface area contributed by atoms with Gasteiger partial charge in [-0.15, -0.1) is 0 Å². The van der Waals surface area contributed by atoms with Gasteiger partial charge in [0, 0.05) is 11.1 Å². The van der Waals surface area contributed by atoms with Crippen molar-refractivity contribution in [3.8, 4) is 5.75 Å². The van der Waals surface area contributed by atoms with Crippen molar-refractivity contribution >= 4 is 17.3 Å². The molecule has 0 saturated carbocycles. The monoisotopic (exact) mass is 199 g/mol. The highest BCUT2D eigenvalue weighted by molar-refractivity contribution is 6.31. The van der Waals surface area contributed by atoms with Crippen LogP contribution in [0.25, 0.3) is 0 Å². The zero-order valence-corrected chi connectivity index (χ0v) is 8.81. The summed E-state index contributed by atoms with van der Waals surface area (Å²) in [5, 5.41) is 9.84. The Kier molecular flexibility index (Phi) is 2.44. The molecule has 13 heavy (non-hydrogen) atoms. The third-order valence-electron chi connectivity index (χ3n) is 1.92. The minimum atomic E-state index is -0.0566. The van der Waals surface area contributed by atoms with E-state index in [9.17, 15) is 5.11 Å². The van der Waals surface area contributed by atoms with Crippen LogP contribution in [0.4, 0.5) is 5.69 Å². The average Bonchev–Trinajstić information content (AvgIpc) is 1.94. The average molecular weight is 200 g/mol. The van der Waals surface area contributed by atoms with Gasteiger partial charge in [0.25, 0.3) is 0 Å². The molecular formula is C10H14ClNO. The highest BCUT2D eigenvalue weighted by Crippen LogP contribution is 2.35. The summed E-state index contributed by atoms with van der Waals surface area (Å²) >= 11 is 5.97. The summed E-state index contributed by atoms with van der Waals surface area (Å²) in [5.41, 5.74) is 6.84. The number of nitrogens with two attached hydrogens (primary N) is 1. The van der Waals surface area contributed by atoms with Crippen LogP contribution in [0.1, 0.15) is 26.3 Å². The van der Waals surface area contributed by atoms with Gasteiger partial charge in [0.05, 0.1) is 5.69 Å². The quantitative estimate of drug-likeness (QED) is 0.499. The van der Waals surface area contributed by atoms with E-state index in [0.717, 1.165) is 5.56 Å². The molecule has 1 aromatic carbocycles. The normalized spacial score (nSPS) is 11.7. The van der Waals surface area contributed by atoms with Crippen LogP contribution in [0, 0.1) is 0 Å². The molecule has 72 valence electrons. The molecule has 0 atom stereocenters. The molecule has 3 N–H and O–H groups in total. The van der Waals surface area contributed by atoms with Crippen LogP contribution in [0.3, 0.4) is 0 Å². The third-order valence-corrected chi connectivity index (χ3v) is 2.24. The van der Waals surface area contributed by atoms with Crippen LogP contribution in [0.5, 0.6) is 5.75 Å². The second-order valence-electron chi connectivity index (χ2n) is 4.14. The highest BCUT2D eigenvalue weighted by atomic mass is 35.5. The predicted octanol–water partition coefficient (Wildman–Crippen LogP) is 2.93. The summed E-state index contributed by atoms with van der Waals surface area (Å²) in [6.45, 7) is 6.14. The van der Waals surface area contributed by atoms with Gasteiger partial charge in [0.15, 0.2) is 0 Å². The van der Waals surface area contributed by atoms with E-state index in [2.05, 4.69) is 0 Å². The molecular weight excluding hydrogens is 186 g/mol. The zero-order chi connectivity index (χ0) is 10.2. The Morgan fingerprint density at radius 3 is 2.31 bits per heavy atom. The Hall–Kier alpha value is -0.890. The molecule has 1 rings (SSSR count). The smallest absolute Gasteiger partial charge is 0.139 e. The van der Waals surface area contributed by atoms with Crippen molar-refractivity contribution in [1.29, 1.82) is 0 Å². The van der Waals surface area contributed by atoms with Crippen molar-refractivity contribution in [1.82, 2.24) is 0 Å². The highest BCUT2D eigenvalue weighted by Gasteiger charge is 2.18. The van der Waals surface area contributed by atoms with Crippen LogP contribution < -0.4 is 5.73 Å². The number of hydrogen-bond donors (Lipinski definition) is 2. The van der Waals surface area contributed by atoms with E-state index >= 15 is 0 Å². The minimum absolute atomic E-state index is 0.0398. The van der Waals surface area contributed by atoms with Crippen molar-refractivity contribution in [3.63, 3.8) is 0 Å². The second-order valence-corrected chi connectivity index (χ2v) is 4.55. The molecule has 0 heterocycles. The summed E-state index contributed by atoms with van der Waals surface area (Å²) in [6.07, 6.45) is 0. The first-order valence-electron chi connectivity index (χ1n) is 4.11. The lowest BCUT2D eigenvalue weighted by Gasteiger charge is -2.21. The molecule has 0 spiro atoms. The number of hydrogen-bond acceptors (Lipinski definition) is 2. The second kappa shape index (κ2) is 3.11. The maximum absolute atomic E-state index is 9.28. The number of phenolic OH excluding ortho intramolecular Hbond substituents is 1. The van der Waals surface area contributed by atoms with E-state index in [-0.39, 0.29) is 11.2 Å². The van der Waals surface area contributed by atoms with Crippen molar-refractivity contribution in [2.75, 3.05) is 5.73 Å². The van der Waals surface area contributed by atoms with Gasteiger partial charge in [-0.25, -0.2) is 0 Å². The number of halogens is 1. The summed E-state index contributed by atoms with van der Waals surface area (Å²) < 4.78 is 0. The lowest BCUT2D eigenvalue weighted by atomic mass is 9.86. The lowest BCUT2D eigenvalue weighted by molar-refractivity contribution is 0.477. The molecule has 2 nitrogen and oxygen atoms in total. The fourth-order valence-corrected chi connectivity index (χ4v) is 1.60. The van der Waals surface area contributed by atoms with E-state index < -0.39 is 0 Å². The van der Waals surface area contributed by atoms with Gasteiger partial charge in [-0.05, 0) is 17.0 Å². The first-order chi connectivity index (χ1) is 5.82. The van der Waals surface area contributed by atoms with E-state index in [1.165, 1.54) is 6.07 Å². The Morgan fingerprint density at radius 1 is 1.31 bits per heavy atom. The van der Waals surface area contributed by atoms with Crippen LogP contribution in [-0.2, 0) is 5.41 Å². The fourth-order valence-electron chi connectivity index (χ4n) is 1.15. The minimum Gasteiger partial charge on any atom is -0.506 e. The topological polar surface area (TPSA) is 46.2 Å². The van der Waals surface area contributed by atoms with Gasteiger partial charge in [0.1, 0.15) is 5.75 Å². The Balaban J connectivity index is 3.32. The number of nitrogen functional groups attached to an aromatic ring is 1. The maximum atomic E-state index is 9.28. The van der Waals surface area contributed by atoms with E-state index in [0.29, 0.717) is 10.7 Å². The van der Waals surface area contributed by atoms with Crippen LogP contribution in [0.15, 0.2) is 12.1 Å². The molecule has 0 aliphatic carbocycles. The summed E-state index contributed by atoms with van der Waals surface area (Å²) in [7, 11) is 0. The largest absolute Gasteiger partial charge is 0.506 e. The first-order valence-corrected chi connectivity index (χ1v) is 4.48. The van der Waals surface area contributed by atoms with E-state index in [1.54, 1.807) is 6.07 Å². The van der Waals surface area contributed by atoms with E-state index in [1.807, 2.05) is 20.8 Å². The number of aromatic hydroxyl groups is 1. The molecule has 0 radical (unpaired) electrons. The molecule has 0 amide bonds. The van der Waals surface area contributed by atoms with Crippen LogP contribution >= 0.6 is 11.6 Å². The number of phenols is 1. The molecule has 0 unspecified atom stereocenters. The summed E-state index contributed by atoms with van der Waals surface area (Å²) in [4.78, 5) is 0. The van der Waals surface area contributed by atoms with Gasteiger partial charge in [-0.2, -0.15) is 0 Å². The molecule has 0 aliphatic rings. The summed E-state index contributed by atoms with van der Waals surface area (Å²) in [5.74, 6) is 0.0398. The standard InChI is InChI=1S/C10H14ClNO/c1-10(2,3)6-4-8(12)9(13)5-7(6)11/h4-5,13H,12H2,1-3H3. The molecule has 0 aromatic heterocycles. The van der Waals surface area contributed by atoms with Crippen LogP contribution in [0.2, 0.25) is 5.02 Å². The Labute approximate surface area is 83.3 Å². The van der Waals surface area contributed by atoms with E-state index in [4.69, 9.17) is 17.3 Å². The van der Waals surface area contributed by atoms with Crippen molar-refractivity contribution in [2.24, 2.45) is 0 Å². The number of benzene rings is 1. The lowest BCUT2D eigenvalue weighted by Crippen LogP contribution is -2.12. The van der Waals surface area contributed by atoms with Crippen molar-refractivity contribution in [2.45, 2.75) is 26.2 Å². The predicted molar refractivity (Wildman–Crippen MR) is 56.2 cm³/mol. The van der Waals surface area contributed by atoms with Gasteiger partial charge < -0.3 is 10.8 Å². The Bertz CT molecular complexity index is 328. The Morgan fingerprint density at radius 2 is 1.85 bits per heavy atom. The summed E-state index contributed by atoms with van der Waals surface area (Å²) in [6, 6.07) is 3.20.